The topological polar surface area (TPSA) is 117 Å². The first-order valence-electron chi connectivity index (χ1n) is 15.6. The number of pyridine rings is 1. The Balaban J connectivity index is 1.01. The lowest BCUT2D eigenvalue weighted by molar-refractivity contribution is -0.120. The van der Waals surface area contributed by atoms with Crippen LogP contribution in [-0.2, 0) is 14.4 Å². The van der Waals surface area contributed by atoms with Gasteiger partial charge in [0.2, 0.25) is 5.91 Å². The maximum atomic E-state index is 13.2. The number of urea groups is 1. The molecule has 3 saturated carbocycles. The molecule has 4 fully saturated rings. The van der Waals surface area contributed by atoms with Gasteiger partial charge in [-0.15, -0.1) is 0 Å². The molecule has 1 aromatic rings. The number of nitrogens with one attached hydrogen (secondary N) is 4. The third kappa shape index (κ3) is 5.83. The molecule has 3 heterocycles. The standard InChI is InChI=1S/C31H46N6O4/c1-30-11-10-24-22(7-9-25-31(24,2)12-17-41-36-25)23(30)8-6-21(30)20-28(38)34-26-4-3-5-27(33-26)35-29(39)32-13-14-37-15-18-40-19-16-37/h3-5,12,17,21-25,36H,6-11,13-16,18-20H2,1-2H3,(H3,32,33,34,35,38,39)/t21-,22+,23+,24+,25-,30-,31-/m1/s1. The fourth-order valence-electron chi connectivity index (χ4n) is 8.87. The van der Waals surface area contributed by atoms with Gasteiger partial charge < -0.3 is 20.2 Å². The Morgan fingerprint density at radius 3 is 2.68 bits per heavy atom. The molecule has 7 atom stereocenters. The number of rotatable bonds is 7. The molecule has 0 bridgehead atoms. The van der Waals surface area contributed by atoms with Crippen molar-refractivity contribution in [2.75, 3.05) is 50.0 Å². The van der Waals surface area contributed by atoms with Gasteiger partial charge in [-0.25, -0.2) is 9.78 Å². The fraction of sp³-hybridized carbons (Fsp3) is 0.710. The molecular weight excluding hydrogens is 520 g/mol. The predicted molar refractivity (Wildman–Crippen MR) is 157 cm³/mol. The van der Waals surface area contributed by atoms with Gasteiger partial charge in [-0.1, -0.05) is 19.9 Å². The Hall–Kier alpha value is -2.69. The zero-order valence-electron chi connectivity index (χ0n) is 24.5. The van der Waals surface area contributed by atoms with Crippen molar-refractivity contribution in [3.05, 3.63) is 30.5 Å². The van der Waals surface area contributed by atoms with E-state index in [2.05, 4.69) is 51.2 Å². The Morgan fingerprint density at radius 1 is 1.05 bits per heavy atom. The first kappa shape index (κ1) is 28.4. The minimum absolute atomic E-state index is 0.00541. The van der Waals surface area contributed by atoms with E-state index >= 15 is 0 Å². The Labute approximate surface area is 243 Å². The summed E-state index contributed by atoms with van der Waals surface area (Å²) in [6.07, 6.45) is 11.7. The molecule has 5 aliphatic rings. The lowest BCUT2D eigenvalue weighted by Crippen LogP contribution is -2.57. The highest BCUT2D eigenvalue weighted by Gasteiger charge is 2.59. The summed E-state index contributed by atoms with van der Waals surface area (Å²) in [7, 11) is 0. The van der Waals surface area contributed by atoms with Crippen molar-refractivity contribution in [2.24, 2.45) is 34.5 Å². The number of hydroxylamine groups is 1. The van der Waals surface area contributed by atoms with Crippen LogP contribution in [0.3, 0.4) is 0 Å². The molecule has 4 N–H and O–H groups in total. The van der Waals surface area contributed by atoms with Gasteiger partial charge in [0, 0.05) is 38.0 Å². The van der Waals surface area contributed by atoms with Gasteiger partial charge in [0.1, 0.15) is 17.9 Å². The molecule has 41 heavy (non-hydrogen) atoms. The highest BCUT2D eigenvalue weighted by molar-refractivity contribution is 5.91. The summed E-state index contributed by atoms with van der Waals surface area (Å²) in [5, 5.41) is 8.68. The normalized spacial score (nSPS) is 36.3. The monoisotopic (exact) mass is 566 g/mol. The van der Waals surface area contributed by atoms with E-state index in [1.54, 1.807) is 18.2 Å². The zero-order chi connectivity index (χ0) is 28.5. The molecule has 1 saturated heterocycles. The Bertz CT molecular complexity index is 1140. The fourth-order valence-corrected chi connectivity index (χ4v) is 8.87. The molecule has 0 unspecified atom stereocenters. The summed E-state index contributed by atoms with van der Waals surface area (Å²) in [6.45, 7) is 9.45. The molecule has 3 amide bonds. The molecule has 10 heteroatoms. The maximum Gasteiger partial charge on any atom is 0.320 e. The summed E-state index contributed by atoms with van der Waals surface area (Å²) in [6, 6.07) is 5.40. The van der Waals surface area contributed by atoms with Gasteiger partial charge in [-0.3, -0.25) is 15.0 Å². The Morgan fingerprint density at radius 2 is 1.85 bits per heavy atom. The SMILES string of the molecule is C[C@]12C=CON[C@@H]1CC[C@@H]1[C@@H]2CC[C@]2(C)[C@@H](CC(=O)Nc3cccc(NC(=O)NCCN4CCOCC4)n3)CC[C@@H]12. The van der Waals surface area contributed by atoms with Gasteiger partial charge in [0.25, 0.3) is 0 Å². The molecule has 1 aromatic heterocycles. The quantitative estimate of drug-likeness (QED) is 0.392. The van der Waals surface area contributed by atoms with E-state index < -0.39 is 0 Å². The highest BCUT2D eigenvalue weighted by Crippen LogP contribution is 2.65. The van der Waals surface area contributed by atoms with Crippen molar-refractivity contribution >= 4 is 23.6 Å². The number of hydrogen-bond donors (Lipinski definition) is 4. The van der Waals surface area contributed by atoms with Crippen molar-refractivity contribution in [1.82, 2.24) is 20.7 Å². The van der Waals surface area contributed by atoms with E-state index in [0.717, 1.165) is 45.7 Å². The van der Waals surface area contributed by atoms with E-state index in [9.17, 15) is 9.59 Å². The van der Waals surface area contributed by atoms with Gasteiger partial charge >= 0.3 is 6.03 Å². The van der Waals surface area contributed by atoms with Gasteiger partial charge in [0.05, 0.1) is 19.3 Å². The summed E-state index contributed by atoms with van der Waals surface area (Å²) >= 11 is 0. The van der Waals surface area contributed by atoms with E-state index in [0.29, 0.717) is 54.3 Å². The average Bonchev–Trinajstić information content (AvgIpc) is 3.29. The van der Waals surface area contributed by atoms with E-state index in [-0.39, 0.29) is 22.8 Å². The zero-order valence-corrected chi connectivity index (χ0v) is 24.5. The lowest BCUT2D eigenvalue weighted by atomic mass is 9.48. The maximum absolute atomic E-state index is 13.2. The van der Waals surface area contributed by atoms with Gasteiger partial charge in [-0.2, -0.15) is 5.48 Å². The second-order valence-electron chi connectivity index (χ2n) is 13.2. The minimum atomic E-state index is -0.301. The van der Waals surface area contributed by atoms with Crippen LogP contribution >= 0.6 is 0 Å². The van der Waals surface area contributed by atoms with Crippen molar-refractivity contribution in [3.63, 3.8) is 0 Å². The molecule has 6 rings (SSSR count). The third-order valence-electron chi connectivity index (χ3n) is 11.2. The minimum Gasteiger partial charge on any atom is -0.417 e. The van der Waals surface area contributed by atoms with Crippen molar-refractivity contribution in [3.8, 4) is 0 Å². The molecule has 2 aliphatic heterocycles. The number of ether oxygens (including phenoxy) is 1. The van der Waals surface area contributed by atoms with Gasteiger partial charge in [-0.05, 0) is 85.8 Å². The molecule has 3 aliphatic carbocycles. The van der Waals surface area contributed by atoms with Crippen LogP contribution in [0.5, 0.6) is 0 Å². The van der Waals surface area contributed by atoms with Crippen LogP contribution in [-0.4, -0.2) is 67.3 Å². The van der Waals surface area contributed by atoms with Crippen LogP contribution in [0, 0.1) is 34.5 Å². The van der Waals surface area contributed by atoms with Crippen LogP contribution in [0.25, 0.3) is 0 Å². The van der Waals surface area contributed by atoms with E-state index in [4.69, 9.17) is 9.57 Å². The predicted octanol–water partition coefficient (Wildman–Crippen LogP) is 4.14. The van der Waals surface area contributed by atoms with E-state index in [1.165, 1.54) is 25.7 Å². The smallest absolute Gasteiger partial charge is 0.320 e. The van der Waals surface area contributed by atoms with Crippen LogP contribution in [0.4, 0.5) is 16.4 Å². The molecule has 0 spiro atoms. The van der Waals surface area contributed by atoms with Crippen molar-refractivity contribution < 1.29 is 19.2 Å². The number of aromatic nitrogens is 1. The number of fused-ring (bicyclic) bond motifs is 5. The first-order valence-corrected chi connectivity index (χ1v) is 15.6. The number of hydrogen-bond acceptors (Lipinski definition) is 7. The first-order chi connectivity index (χ1) is 19.8. The second kappa shape index (κ2) is 11.9. The number of carbonyl (C=O) groups excluding carboxylic acids is 2. The summed E-state index contributed by atoms with van der Waals surface area (Å²) in [5.74, 6) is 3.30. The summed E-state index contributed by atoms with van der Waals surface area (Å²) < 4.78 is 5.36. The number of nitrogens with zero attached hydrogens (tertiary/aromatic N) is 2. The van der Waals surface area contributed by atoms with Crippen LogP contribution in [0.2, 0.25) is 0 Å². The van der Waals surface area contributed by atoms with Crippen molar-refractivity contribution in [1.29, 1.82) is 0 Å². The summed E-state index contributed by atoms with van der Waals surface area (Å²) in [4.78, 5) is 37.8. The number of morpholine rings is 1. The molecule has 0 aromatic carbocycles. The van der Waals surface area contributed by atoms with Crippen LogP contribution in [0.15, 0.2) is 30.5 Å². The average molecular weight is 567 g/mol. The Kier molecular flexibility index (Phi) is 8.25. The second-order valence-corrected chi connectivity index (χ2v) is 13.2. The highest BCUT2D eigenvalue weighted by atomic mass is 16.6. The number of anilines is 2. The number of amides is 3. The molecule has 0 radical (unpaired) electrons. The van der Waals surface area contributed by atoms with E-state index in [1.807, 2.05) is 6.26 Å². The number of carbonyl (C=O) groups is 2. The third-order valence-corrected chi connectivity index (χ3v) is 11.2. The molecule has 224 valence electrons. The van der Waals surface area contributed by atoms with Gasteiger partial charge in [0.15, 0.2) is 0 Å². The van der Waals surface area contributed by atoms with Crippen LogP contribution in [0.1, 0.15) is 58.8 Å². The van der Waals surface area contributed by atoms with Crippen molar-refractivity contribution in [2.45, 2.75) is 64.8 Å². The largest absolute Gasteiger partial charge is 0.417 e. The summed E-state index contributed by atoms with van der Waals surface area (Å²) in [5.41, 5.74) is 3.62. The molecule has 10 nitrogen and oxygen atoms in total. The molecular formula is C31H46N6O4. The lowest BCUT2D eigenvalue weighted by Gasteiger charge is -2.58. The van der Waals surface area contributed by atoms with Crippen LogP contribution < -0.4 is 21.4 Å².